The molecule has 0 radical (unpaired) electrons. The number of anilines is 1. The smallest absolute Gasteiger partial charge is 0.139 e. The summed E-state index contributed by atoms with van der Waals surface area (Å²) in [5, 5.41) is 9.24. The molecule has 0 amide bonds. The average molecular weight is 299 g/mol. The Labute approximate surface area is 127 Å². The van der Waals surface area contributed by atoms with E-state index in [2.05, 4.69) is 4.98 Å². The predicted octanol–water partition coefficient (Wildman–Crippen LogP) is 2.09. The van der Waals surface area contributed by atoms with Crippen molar-refractivity contribution in [3.8, 4) is 22.8 Å². The molecule has 6 nitrogen and oxygen atoms in total. The van der Waals surface area contributed by atoms with Gasteiger partial charge in [-0.1, -0.05) is 0 Å². The van der Waals surface area contributed by atoms with E-state index in [-0.39, 0.29) is 6.61 Å². The minimum Gasteiger partial charge on any atom is -0.497 e. The maximum absolute atomic E-state index is 9.24. The first-order valence-corrected chi connectivity index (χ1v) is 6.77. The van der Waals surface area contributed by atoms with Crippen LogP contribution in [0, 0.1) is 0 Å². The van der Waals surface area contributed by atoms with E-state index in [1.165, 1.54) is 0 Å². The Morgan fingerprint density at radius 1 is 1.18 bits per heavy atom. The standard InChI is InChI=1S/C16H17N3O3/c1-21-11-3-4-13(22-2)12(8-11)15-16(17)19-6-5-10(9-20)7-14(19)18-15/h3-8,20H,9,17H2,1-2H3. The van der Waals surface area contributed by atoms with Gasteiger partial charge in [-0.15, -0.1) is 0 Å². The Hall–Kier alpha value is -2.73. The van der Waals surface area contributed by atoms with E-state index in [1.807, 2.05) is 18.2 Å². The Bertz CT molecular complexity index is 827. The number of imidazole rings is 1. The molecule has 6 heteroatoms. The number of hydrogen-bond donors (Lipinski definition) is 2. The highest BCUT2D eigenvalue weighted by Gasteiger charge is 2.16. The fraction of sp³-hybridized carbons (Fsp3) is 0.188. The molecule has 0 spiro atoms. The van der Waals surface area contributed by atoms with E-state index in [0.29, 0.717) is 28.7 Å². The normalized spacial score (nSPS) is 10.9. The number of benzene rings is 1. The van der Waals surface area contributed by atoms with Crippen LogP contribution in [0.4, 0.5) is 5.82 Å². The Morgan fingerprint density at radius 3 is 2.68 bits per heavy atom. The highest BCUT2D eigenvalue weighted by Crippen LogP contribution is 2.36. The number of nitrogens with two attached hydrogens (primary N) is 1. The third-order valence-corrected chi connectivity index (χ3v) is 3.57. The number of fused-ring (bicyclic) bond motifs is 1. The van der Waals surface area contributed by atoms with Crippen LogP contribution in [0.5, 0.6) is 11.5 Å². The molecule has 0 bridgehead atoms. The van der Waals surface area contributed by atoms with Crippen LogP contribution >= 0.6 is 0 Å². The SMILES string of the molecule is COc1ccc(OC)c(-c2nc3cc(CO)ccn3c2N)c1. The van der Waals surface area contributed by atoms with E-state index in [9.17, 15) is 5.11 Å². The molecule has 2 heterocycles. The van der Waals surface area contributed by atoms with Crippen LogP contribution in [0.25, 0.3) is 16.9 Å². The van der Waals surface area contributed by atoms with Crippen molar-refractivity contribution < 1.29 is 14.6 Å². The summed E-state index contributed by atoms with van der Waals surface area (Å²) in [6, 6.07) is 9.07. The zero-order chi connectivity index (χ0) is 15.7. The molecule has 3 rings (SSSR count). The van der Waals surface area contributed by atoms with Crippen molar-refractivity contribution >= 4 is 11.5 Å². The van der Waals surface area contributed by atoms with E-state index in [0.717, 1.165) is 11.1 Å². The van der Waals surface area contributed by atoms with Crippen LogP contribution in [0.2, 0.25) is 0 Å². The summed E-state index contributed by atoms with van der Waals surface area (Å²) in [5.74, 6) is 1.87. The molecule has 114 valence electrons. The lowest BCUT2D eigenvalue weighted by atomic mass is 10.1. The Morgan fingerprint density at radius 2 is 2.00 bits per heavy atom. The van der Waals surface area contributed by atoms with Crippen LogP contribution < -0.4 is 15.2 Å². The molecule has 0 aliphatic carbocycles. The molecule has 0 fully saturated rings. The van der Waals surface area contributed by atoms with Crippen LogP contribution in [-0.4, -0.2) is 28.7 Å². The van der Waals surface area contributed by atoms with E-state index >= 15 is 0 Å². The fourth-order valence-corrected chi connectivity index (χ4v) is 2.40. The van der Waals surface area contributed by atoms with Crippen molar-refractivity contribution in [1.29, 1.82) is 0 Å². The molecule has 0 unspecified atom stereocenters. The van der Waals surface area contributed by atoms with Gasteiger partial charge in [0.2, 0.25) is 0 Å². The number of aliphatic hydroxyl groups excluding tert-OH is 1. The number of nitrogen functional groups attached to an aromatic ring is 1. The van der Waals surface area contributed by atoms with E-state index in [1.54, 1.807) is 36.9 Å². The lowest BCUT2D eigenvalue weighted by molar-refractivity contribution is 0.282. The third-order valence-electron chi connectivity index (χ3n) is 3.57. The van der Waals surface area contributed by atoms with Gasteiger partial charge in [0.05, 0.1) is 20.8 Å². The summed E-state index contributed by atoms with van der Waals surface area (Å²) in [5.41, 5.74) is 9.04. The summed E-state index contributed by atoms with van der Waals surface area (Å²) < 4.78 is 12.4. The van der Waals surface area contributed by atoms with Gasteiger partial charge < -0.3 is 20.3 Å². The number of methoxy groups -OCH3 is 2. The second-order valence-electron chi connectivity index (χ2n) is 4.83. The number of hydrogen-bond acceptors (Lipinski definition) is 5. The number of rotatable bonds is 4. The molecular formula is C16H17N3O3. The summed E-state index contributed by atoms with van der Waals surface area (Å²) in [7, 11) is 3.20. The van der Waals surface area contributed by atoms with E-state index < -0.39 is 0 Å². The van der Waals surface area contributed by atoms with Gasteiger partial charge in [0.15, 0.2) is 0 Å². The minimum absolute atomic E-state index is 0.0406. The van der Waals surface area contributed by atoms with Crippen molar-refractivity contribution in [2.24, 2.45) is 0 Å². The second kappa shape index (κ2) is 5.57. The fourth-order valence-electron chi connectivity index (χ4n) is 2.40. The van der Waals surface area contributed by atoms with Crippen molar-refractivity contribution in [2.75, 3.05) is 20.0 Å². The van der Waals surface area contributed by atoms with Crippen molar-refractivity contribution in [3.05, 3.63) is 42.1 Å². The number of aliphatic hydroxyl groups is 1. The van der Waals surface area contributed by atoms with Gasteiger partial charge in [-0.25, -0.2) is 4.98 Å². The maximum Gasteiger partial charge on any atom is 0.139 e. The molecule has 0 aliphatic heterocycles. The number of nitrogens with zero attached hydrogens (tertiary/aromatic N) is 2. The van der Waals surface area contributed by atoms with Crippen molar-refractivity contribution in [2.45, 2.75) is 6.61 Å². The third kappa shape index (κ3) is 2.23. The van der Waals surface area contributed by atoms with Gasteiger partial charge in [0, 0.05) is 11.8 Å². The lowest BCUT2D eigenvalue weighted by Crippen LogP contribution is -1.96. The molecule has 0 saturated carbocycles. The van der Waals surface area contributed by atoms with E-state index in [4.69, 9.17) is 15.2 Å². The number of ether oxygens (including phenoxy) is 2. The highest BCUT2D eigenvalue weighted by atomic mass is 16.5. The average Bonchev–Trinajstić information content (AvgIpc) is 2.90. The van der Waals surface area contributed by atoms with Crippen LogP contribution in [0.1, 0.15) is 5.56 Å². The molecular weight excluding hydrogens is 282 g/mol. The molecule has 0 atom stereocenters. The molecule has 1 aromatic carbocycles. The van der Waals surface area contributed by atoms with Gasteiger partial charge >= 0.3 is 0 Å². The first kappa shape index (κ1) is 14.2. The molecule has 22 heavy (non-hydrogen) atoms. The molecule has 3 aromatic rings. The number of aromatic nitrogens is 2. The minimum atomic E-state index is -0.0406. The monoisotopic (exact) mass is 299 g/mol. The maximum atomic E-state index is 9.24. The zero-order valence-electron chi connectivity index (χ0n) is 12.4. The van der Waals surface area contributed by atoms with Crippen molar-refractivity contribution in [1.82, 2.24) is 9.38 Å². The topological polar surface area (TPSA) is 82.0 Å². The lowest BCUT2D eigenvalue weighted by Gasteiger charge is -2.09. The van der Waals surface area contributed by atoms with Crippen LogP contribution in [0.15, 0.2) is 36.5 Å². The molecule has 0 saturated heterocycles. The molecule has 3 N–H and O–H groups in total. The summed E-state index contributed by atoms with van der Waals surface area (Å²) in [4.78, 5) is 4.57. The Balaban J connectivity index is 2.23. The summed E-state index contributed by atoms with van der Waals surface area (Å²) in [6.07, 6.45) is 1.79. The van der Waals surface area contributed by atoms with Crippen LogP contribution in [-0.2, 0) is 6.61 Å². The second-order valence-corrected chi connectivity index (χ2v) is 4.83. The predicted molar refractivity (Wildman–Crippen MR) is 84.1 cm³/mol. The van der Waals surface area contributed by atoms with Gasteiger partial charge in [0.25, 0.3) is 0 Å². The van der Waals surface area contributed by atoms with Gasteiger partial charge in [-0.2, -0.15) is 0 Å². The summed E-state index contributed by atoms with van der Waals surface area (Å²) in [6.45, 7) is -0.0406. The highest BCUT2D eigenvalue weighted by molar-refractivity contribution is 5.80. The van der Waals surface area contributed by atoms with Crippen molar-refractivity contribution in [3.63, 3.8) is 0 Å². The van der Waals surface area contributed by atoms with Gasteiger partial charge in [-0.05, 0) is 35.9 Å². The quantitative estimate of drug-likeness (QED) is 0.771. The Kier molecular flexibility index (Phi) is 3.60. The van der Waals surface area contributed by atoms with Gasteiger partial charge in [-0.3, -0.25) is 4.40 Å². The number of pyridine rings is 1. The zero-order valence-corrected chi connectivity index (χ0v) is 12.4. The first-order chi connectivity index (χ1) is 10.7. The first-order valence-electron chi connectivity index (χ1n) is 6.77. The largest absolute Gasteiger partial charge is 0.497 e. The summed E-state index contributed by atoms with van der Waals surface area (Å²) >= 11 is 0. The molecule has 0 aliphatic rings. The van der Waals surface area contributed by atoms with Crippen LogP contribution in [0.3, 0.4) is 0 Å². The van der Waals surface area contributed by atoms with Gasteiger partial charge in [0.1, 0.15) is 28.7 Å². The molecule has 2 aromatic heterocycles.